The van der Waals surface area contributed by atoms with E-state index in [-0.39, 0.29) is 22.8 Å². The molecular weight excluding hydrogens is 373 g/mol. The zero-order valence-corrected chi connectivity index (χ0v) is 15.9. The normalized spacial score (nSPS) is 23.2. The first-order valence-electron chi connectivity index (χ1n) is 7.60. The van der Waals surface area contributed by atoms with Crippen molar-refractivity contribution < 1.29 is 30.7 Å². The molecule has 1 aliphatic rings. The standard InChI is InChI=1S/C15H22FNO6S2/c1-10-6-11(16)4-5-13(10)25(20,21)14-9-24(18,19)8-12(14)17-7-15(22-2)23-3/h4-6,12,14-15,17H,7-9H2,1-3H3/t12-,14-/m0/s1. The second-order valence-corrected chi connectivity index (χ2v) is 10.3. The van der Waals surface area contributed by atoms with E-state index in [1.165, 1.54) is 27.2 Å². The molecule has 1 aromatic carbocycles. The second-order valence-electron chi connectivity index (χ2n) is 5.99. The van der Waals surface area contributed by atoms with E-state index in [2.05, 4.69) is 5.32 Å². The van der Waals surface area contributed by atoms with Crippen LogP contribution in [0.2, 0.25) is 0 Å². The first kappa shape index (κ1) is 20.2. The van der Waals surface area contributed by atoms with Crippen LogP contribution in [-0.2, 0) is 29.1 Å². The van der Waals surface area contributed by atoms with Crippen LogP contribution in [0.5, 0.6) is 0 Å². The van der Waals surface area contributed by atoms with Gasteiger partial charge in [0.15, 0.2) is 26.0 Å². The molecule has 0 spiro atoms. The Kier molecular flexibility index (Phi) is 6.21. The molecule has 25 heavy (non-hydrogen) atoms. The van der Waals surface area contributed by atoms with E-state index in [0.717, 1.165) is 12.1 Å². The topological polar surface area (TPSA) is 98.8 Å². The van der Waals surface area contributed by atoms with Gasteiger partial charge in [-0.25, -0.2) is 21.2 Å². The molecule has 0 aromatic heterocycles. The quantitative estimate of drug-likeness (QED) is 0.523. The van der Waals surface area contributed by atoms with Crippen molar-refractivity contribution in [1.29, 1.82) is 0 Å². The van der Waals surface area contributed by atoms with Crippen molar-refractivity contribution in [2.24, 2.45) is 0 Å². The average Bonchev–Trinajstić information content (AvgIpc) is 2.83. The summed E-state index contributed by atoms with van der Waals surface area (Å²) in [5, 5.41) is 1.76. The fourth-order valence-corrected chi connectivity index (χ4v) is 7.86. The zero-order chi connectivity index (χ0) is 18.8. The van der Waals surface area contributed by atoms with Gasteiger partial charge >= 0.3 is 0 Å². The highest BCUT2D eigenvalue weighted by molar-refractivity contribution is 7.96. The Morgan fingerprint density at radius 3 is 2.48 bits per heavy atom. The Morgan fingerprint density at radius 1 is 1.28 bits per heavy atom. The van der Waals surface area contributed by atoms with Crippen molar-refractivity contribution in [3.05, 3.63) is 29.6 Å². The van der Waals surface area contributed by atoms with Gasteiger partial charge in [0.05, 0.1) is 21.7 Å². The molecule has 1 heterocycles. The van der Waals surface area contributed by atoms with Crippen LogP contribution in [-0.4, -0.2) is 66.7 Å². The molecular formula is C15H22FNO6S2. The Bertz CT molecular complexity index is 820. The first-order chi connectivity index (χ1) is 11.6. The number of hydrogen-bond donors (Lipinski definition) is 1. The summed E-state index contributed by atoms with van der Waals surface area (Å²) >= 11 is 0. The van der Waals surface area contributed by atoms with Crippen molar-refractivity contribution in [1.82, 2.24) is 5.32 Å². The van der Waals surface area contributed by atoms with Gasteiger partial charge < -0.3 is 14.8 Å². The summed E-state index contributed by atoms with van der Waals surface area (Å²) < 4.78 is 73.3. The third-order valence-electron chi connectivity index (χ3n) is 4.22. The SMILES string of the molecule is COC(CN[C@H]1CS(=O)(=O)C[C@@H]1S(=O)(=O)c1ccc(F)cc1C)OC. The number of sulfone groups is 2. The van der Waals surface area contributed by atoms with Gasteiger partial charge in [-0.05, 0) is 30.7 Å². The molecule has 0 bridgehead atoms. The number of aryl methyl sites for hydroxylation is 1. The number of benzene rings is 1. The number of ether oxygens (including phenoxy) is 2. The summed E-state index contributed by atoms with van der Waals surface area (Å²) in [4.78, 5) is -0.0576. The Hall–Kier alpha value is -1.07. The van der Waals surface area contributed by atoms with E-state index in [4.69, 9.17) is 9.47 Å². The van der Waals surface area contributed by atoms with Crippen LogP contribution >= 0.6 is 0 Å². The van der Waals surface area contributed by atoms with E-state index in [1.54, 1.807) is 0 Å². The summed E-state index contributed by atoms with van der Waals surface area (Å²) in [5.74, 6) is -1.32. The van der Waals surface area contributed by atoms with Gasteiger partial charge in [0.1, 0.15) is 5.82 Å². The van der Waals surface area contributed by atoms with Crippen molar-refractivity contribution in [3.63, 3.8) is 0 Å². The van der Waals surface area contributed by atoms with E-state index in [0.29, 0.717) is 0 Å². The van der Waals surface area contributed by atoms with E-state index in [1.807, 2.05) is 0 Å². The lowest BCUT2D eigenvalue weighted by atomic mass is 10.2. The summed E-state index contributed by atoms with van der Waals surface area (Å²) in [6, 6.07) is 2.55. The van der Waals surface area contributed by atoms with Crippen LogP contribution in [0.15, 0.2) is 23.1 Å². The minimum absolute atomic E-state index is 0.0576. The maximum atomic E-state index is 13.3. The molecule has 0 amide bonds. The number of nitrogens with one attached hydrogen (secondary N) is 1. The Morgan fingerprint density at radius 2 is 1.92 bits per heavy atom. The molecule has 1 saturated heterocycles. The molecule has 0 radical (unpaired) electrons. The molecule has 2 atom stereocenters. The van der Waals surface area contributed by atoms with Gasteiger partial charge in [-0.2, -0.15) is 0 Å². The van der Waals surface area contributed by atoms with E-state index < -0.39 is 48.8 Å². The monoisotopic (exact) mass is 395 g/mol. The van der Waals surface area contributed by atoms with Gasteiger partial charge in [-0.3, -0.25) is 0 Å². The number of rotatable bonds is 7. The molecule has 2 rings (SSSR count). The fourth-order valence-electron chi connectivity index (χ4n) is 2.92. The lowest BCUT2D eigenvalue weighted by Crippen LogP contribution is -2.46. The van der Waals surface area contributed by atoms with Crippen molar-refractivity contribution in [2.75, 3.05) is 32.3 Å². The largest absolute Gasteiger partial charge is 0.355 e. The third kappa shape index (κ3) is 4.56. The predicted octanol–water partition coefficient (Wildman–Crippen LogP) is 0.282. The van der Waals surface area contributed by atoms with Crippen LogP contribution in [0.4, 0.5) is 4.39 Å². The summed E-state index contributed by atoms with van der Waals surface area (Å²) in [5.41, 5.74) is 0.245. The van der Waals surface area contributed by atoms with E-state index >= 15 is 0 Å². The fraction of sp³-hybridized carbons (Fsp3) is 0.600. The highest BCUT2D eigenvalue weighted by atomic mass is 32.2. The van der Waals surface area contributed by atoms with Gasteiger partial charge in [0, 0.05) is 26.8 Å². The Labute approximate surface area is 147 Å². The minimum atomic E-state index is -3.96. The highest BCUT2D eigenvalue weighted by Crippen LogP contribution is 2.28. The van der Waals surface area contributed by atoms with Crippen molar-refractivity contribution in [3.8, 4) is 0 Å². The summed E-state index contributed by atoms with van der Waals surface area (Å²) in [7, 11) is -4.62. The molecule has 142 valence electrons. The second kappa shape index (κ2) is 7.67. The van der Waals surface area contributed by atoms with Crippen LogP contribution in [0.3, 0.4) is 0 Å². The maximum absolute atomic E-state index is 13.3. The van der Waals surface area contributed by atoms with Gasteiger partial charge in [-0.15, -0.1) is 0 Å². The van der Waals surface area contributed by atoms with Crippen LogP contribution in [0.1, 0.15) is 5.56 Å². The molecule has 1 N–H and O–H groups in total. The maximum Gasteiger partial charge on any atom is 0.184 e. The van der Waals surface area contributed by atoms with Crippen LogP contribution in [0.25, 0.3) is 0 Å². The minimum Gasteiger partial charge on any atom is -0.355 e. The lowest BCUT2D eigenvalue weighted by Gasteiger charge is -2.23. The number of methoxy groups -OCH3 is 2. The summed E-state index contributed by atoms with van der Waals surface area (Å²) in [6.45, 7) is 1.62. The highest BCUT2D eigenvalue weighted by Gasteiger charge is 2.46. The van der Waals surface area contributed by atoms with Gasteiger partial charge in [-0.1, -0.05) is 0 Å². The molecule has 0 unspecified atom stereocenters. The van der Waals surface area contributed by atoms with Gasteiger partial charge in [0.25, 0.3) is 0 Å². The first-order valence-corrected chi connectivity index (χ1v) is 11.0. The molecule has 10 heteroatoms. The molecule has 1 aliphatic heterocycles. The zero-order valence-electron chi connectivity index (χ0n) is 14.2. The molecule has 1 aromatic rings. The smallest absolute Gasteiger partial charge is 0.184 e. The Balaban J connectivity index is 2.32. The van der Waals surface area contributed by atoms with Gasteiger partial charge in [0.2, 0.25) is 0 Å². The summed E-state index contributed by atoms with van der Waals surface area (Å²) in [6.07, 6.45) is -0.626. The third-order valence-corrected chi connectivity index (χ3v) is 8.52. The molecule has 7 nitrogen and oxygen atoms in total. The lowest BCUT2D eigenvalue weighted by molar-refractivity contribution is -0.0995. The van der Waals surface area contributed by atoms with Crippen LogP contribution in [0, 0.1) is 12.7 Å². The number of halogens is 1. The van der Waals surface area contributed by atoms with Crippen molar-refractivity contribution >= 4 is 19.7 Å². The predicted molar refractivity (Wildman–Crippen MR) is 90.4 cm³/mol. The molecule has 1 fully saturated rings. The van der Waals surface area contributed by atoms with Crippen LogP contribution < -0.4 is 5.32 Å². The molecule has 0 saturated carbocycles. The molecule has 0 aliphatic carbocycles. The number of hydrogen-bond acceptors (Lipinski definition) is 7. The average molecular weight is 395 g/mol. The van der Waals surface area contributed by atoms with E-state index in [9.17, 15) is 21.2 Å². The van der Waals surface area contributed by atoms with Crippen molar-refractivity contribution in [2.45, 2.75) is 29.4 Å².